The van der Waals surface area contributed by atoms with Gasteiger partial charge >= 0.3 is 19.8 Å². The molecule has 3 atom stereocenters. The number of carbonyl (C=O) groups excluding carboxylic acids is 2. The second-order valence-electron chi connectivity index (χ2n) is 12.0. The lowest BCUT2D eigenvalue weighted by molar-refractivity contribution is -0.147. The highest BCUT2D eigenvalue weighted by Crippen LogP contribution is 2.43. The molecule has 0 aliphatic heterocycles. The van der Waals surface area contributed by atoms with Crippen LogP contribution in [0.3, 0.4) is 0 Å². The lowest BCUT2D eigenvalue weighted by Crippen LogP contribution is -2.43. The maximum atomic E-state index is 12.2. The van der Waals surface area contributed by atoms with Crippen molar-refractivity contribution in [3.05, 3.63) is 36.5 Å². The predicted molar refractivity (Wildman–Crippen MR) is 189 cm³/mol. The van der Waals surface area contributed by atoms with Crippen LogP contribution < -0.4 is 5.32 Å². The lowest BCUT2D eigenvalue weighted by atomic mass is 10.1. The van der Waals surface area contributed by atoms with Crippen LogP contribution >= 0.6 is 7.82 Å². The van der Waals surface area contributed by atoms with Crippen molar-refractivity contribution in [1.29, 1.82) is 0 Å². The molecule has 0 aliphatic carbocycles. The summed E-state index contributed by atoms with van der Waals surface area (Å²) in [5, 5.41) is 21.7. The maximum Gasteiger partial charge on any atom is 0.472 e. The van der Waals surface area contributed by atoms with Gasteiger partial charge in [-0.1, -0.05) is 121 Å². The number of esters is 1. The molecule has 0 spiro atoms. The Labute approximate surface area is 289 Å². The summed E-state index contributed by atoms with van der Waals surface area (Å²) >= 11 is 0. The number of hydrogen-bond donors (Lipinski definition) is 4. The number of carboxylic acid groups (broad SMARTS) is 1. The minimum Gasteiger partial charge on any atom is -0.480 e. The zero-order chi connectivity index (χ0) is 35.7. The van der Waals surface area contributed by atoms with Gasteiger partial charge < -0.3 is 25.2 Å². The number of carboxylic acids is 1. The van der Waals surface area contributed by atoms with E-state index in [1.807, 2.05) is 0 Å². The molecule has 0 fully saturated rings. The Morgan fingerprint density at radius 2 is 1.21 bits per heavy atom. The van der Waals surface area contributed by atoms with Crippen LogP contribution in [0.5, 0.6) is 0 Å². The van der Waals surface area contributed by atoms with Crippen molar-refractivity contribution in [2.45, 2.75) is 154 Å². The molecule has 1 amide bonds. The van der Waals surface area contributed by atoms with E-state index < -0.39 is 57.6 Å². The minimum atomic E-state index is -4.75. The molecule has 11 nitrogen and oxygen atoms in total. The van der Waals surface area contributed by atoms with Gasteiger partial charge in [0, 0.05) is 12.8 Å². The van der Waals surface area contributed by atoms with Crippen LogP contribution in [0.4, 0.5) is 0 Å². The summed E-state index contributed by atoms with van der Waals surface area (Å²) in [5.74, 6) is -2.40. The van der Waals surface area contributed by atoms with Gasteiger partial charge in [0.25, 0.3) is 0 Å². The van der Waals surface area contributed by atoms with Gasteiger partial charge in [-0.15, -0.1) is 0 Å². The van der Waals surface area contributed by atoms with E-state index in [0.29, 0.717) is 12.8 Å². The molecule has 0 aliphatic rings. The summed E-state index contributed by atoms with van der Waals surface area (Å²) in [6.07, 6.45) is 30.4. The number of aliphatic hydroxyl groups is 1. The number of aliphatic carboxylic acids is 1. The van der Waals surface area contributed by atoms with E-state index in [-0.39, 0.29) is 12.8 Å². The molecule has 0 heterocycles. The zero-order valence-electron chi connectivity index (χ0n) is 29.5. The Bertz CT molecular complexity index is 968. The van der Waals surface area contributed by atoms with Crippen LogP contribution in [0.25, 0.3) is 0 Å². The lowest BCUT2D eigenvalue weighted by Gasteiger charge is -2.18. The summed E-state index contributed by atoms with van der Waals surface area (Å²) in [7, 11) is -4.75. The van der Waals surface area contributed by atoms with Gasteiger partial charge in [0.2, 0.25) is 5.91 Å². The van der Waals surface area contributed by atoms with Crippen molar-refractivity contribution < 1.29 is 47.8 Å². The van der Waals surface area contributed by atoms with E-state index in [1.165, 1.54) is 32.1 Å². The SMILES string of the molecule is CC/C=C\C/C=C\C/C=C\CCCCCCCC(=O)NC(COP(=O)(O)OCC(O)COC(=O)CCCCCCCCCCC)C(=O)O. The molecule has 0 saturated carbocycles. The van der Waals surface area contributed by atoms with Crippen LogP contribution in [0, 0.1) is 0 Å². The monoisotopic (exact) mass is 701 g/mol. The van der Waals surface area contributed by atoms with Gasteiger partial charge in [0.15, 0.2) is 6.04 Å². The molecule has 0 aromatic rings. The standard InChI is InChI=1S/C36H64NO10P/c1-3-5-7-9-11-13-14-15-16-17-18-20-21-23-25-27-34(39)37-33(36(41)42)31-47-48(43,44)46-30-32(38)29-45-35(40)28-26-24-22-19-12-10-8-6-4-2/h5,7,11,13,15-16,32-33,38H,3-4,6,8-10,12,14,17-31H2,1-2H3,(H,37,39)(H,41,42)(H,43,44)/b7-5-,13-11-,16-15-. The highest BCUT2D eigenvalue weighted by Gasteiger charge is 2.28. The fraction of sp³-hybridized carbons (Fsp3) is 0.750. The largest absolute Gasteiger partial charge is 0.480 e. The molecule has 48 heavy (non-hydrogen) atoms. The molecule has 0 bridgehead atoms. The highest BCUT2D eigenvalue weighted by atomic mass is 31.2. The van der Waals surface area contributed by atoms with Crippen LogP contribution in [0.15, 0.2) is 36.5 Å². The number of allylic oxidation sites excluding steroid dienone is 6. The Morgan fingerprint density at radius 1 is 0.688 bits per heavy atom. The van der Waals surface area contributed by atoms with Crippen molar-refractivity contribution in [3.8, 4) is 0 Å². The Kier molecular flexibility index (Phi) is 30.4. The summed E-state index contributed by atoms with van der Waals surface area (Å²) < 4.78 is 26.6. The van der Waals surface area contributed by atoms with E-state index in [0.717, 1.165) is 70.6 Å². The van der Waals surface area contributed by atoms with Crippen molar-refractivity contribution in [3.63, 3.8) is 0 Å². The second-order valence-corrected chi connectivity index (χ2v) is 13.5. The number of ether oxygens (including phenoxy) is 1. The number of hydrogen-bond acceptors (Lipinski definition) is 8. The van der Waals surface area contributed by atoms with Gasteiger partial charge in [0.05, 0.1) is 13.2 Å². The molecule has 278 valence electrons. The minimum absolute atomic E-state index is 0.126. The number of carbonyl (C=O) groups is 3. The first-order chi connectivity index (χ1) is 23.1. The quantitative estimate of drug-likeness (QED) is 0.0227. The van der Waals surface area contributed by atoms with Crippen molar-refractivity contribution in [1.82, 2.24) is 5.32 Å². The summed E-state index contributed by atoms with van der Waals surface area (Å²) in [5.41, 5.74) is 0. The third kappa shape index (κ3) is 31.0. The fourth-order valence-corrected chi connectivity index (χ4v) is 5.39. The normalized spacial score (nSPS) is 14.4. The van der Waals surface area contributed by atoms with Gasteiger partial charge in [0.1, 0.15) is 12.7 Å². The third-order valence-electron chi connectivity index (χ3n) is 7.44. The molecular weight excluding hydrogens is 637 g/mol. The first kappa shape index (κ1) is 45.7. The maximum absolute atomic E-state index is 12.2. The fourth-order valence-electron chi connectivity index (χ4n) is 4.62. The number of nitrogens with one attached hydrogen (secondary N) is 1. The number of amides is 1. The smallest absolute Gasteiger partial charge is 0.472 e. The molecule has 0 aromatic heterocycles. The van der Waals surface area contributed by atoms with Gasteiger partial charge in [-0.3, -0.25) is 18.6 Å². The Balaban J connectivity index is 4.04. The van der Waals surface area contributed by atoms with E-state index in [1.54, 1.807) is 0 Å². The first-order valence-corrected chi connectivity index (χ1v) is 19.5. The van der Waals surface area contributed by atoms with Crippen LogP contribution in [-0.2, 0) is 32.7 Å². The number of aliphatic hydroxyl groups excluding tert-OH is 1. The predicted octanol–water partition coefficient (Wildman–Crippen LogP) is 8.10. The summed E-state index contributed by atoms with van der Waals surface area (Å²) in [6, 6.07) is -1.55. The Morgan fingerprint density at radius 3 is 1.81 bits per heavy atom. The van der Waals surface area contributed by atoms with Gasteiger partial charge in [-0.2, -0.15) is 0 Å². The van der Waals surface area contributed by atoms with E-state index in [9.17, 15) is 34.1 Å². The van der Waals surface area contributed by atoms with Gasteiger partial charge in [-0.25, -0.2) is 9.36 Å². The molecule has 0 radical (unpaired) electrons. The number of unbranched alkanes of at least 4 members (excludes halogenated alkanes) is 13. The number of rotatable bonds is 33. The van der Waals surface area contributed by atoms with E-state index >= 15 is 0 Å². The van der Waals surface area contributed by atoms with Crippen LogP contribution in [0.2, 0.25) is 0 Å². The van der Waals surface area contributed by atoms with Crippen molar-refractivity contribution >= 4 is 25.7 Å². The summed E-state index contributed by atoms with van der Waals surface area (Å²) in [6.45, 7) is 2.40. The topological polar surface area (TPSA) is 169 Å². The molecule has 4 N–H and O–H groups in total. The Hall–Kier alpha value is -2.30. The second kappa shape index (κ2) is 31.9. The molecule has 3 unspecified atom stereocenters. The molecule has 0 aromatic carbocycles. The van der Waals surface area contributed by atoms with Crippen molar-refractivity contribution in [2.24, 2.45) is 0 Å². The van der Waals surface area contributed by atoms with Gasteiger partial charge in [-0.05, 0) is 44.9 Å². The average molecular weight is 702 g/mol. The molecule has 0 rings (SSSR count). The third-order valence-corrected chi connectivity index (χ3v) is 8.39. The van der Waals surface area contributed by atoms with Crippen LogP contribution in [0.1, 0.15) is 142 Å². The molecule has 0 saturated heterocycles. The van der Waals surface area contributed by atoms with Crippen molar-refractivity contribution in [2.75, 3.05) is 19.8 Å². The van der Waals surface area contributed by atoms with E-state index in [4.69, 9.17) is 13.8 Å². The average Bonchev–Trinajstić information content (AvgIpc) is 3.05. The molecular formula is C36H64NO10P. The number of phosphoric acid groups is 1. The molecule has 12 heteroatoms. The zero-order valence-corrected chi connectivity index (χ0v) is 30.4. The first-order valence-electron chi connectivity index (χ1n) is 18.0. The highest BCUT2D eigenvalue weighted by molar-refractivity contribution is 7.47. The van der Waals surface area contributed by atoms with Crippen LogP contribution in [-0.4, -0.2) is 64.9 Å². The number of phosphoric ester groups is 1. The summed E-state index contributed by atoms with van der Waals surface area (Å²) in [4.78, 5) is 45.5. The van der Waals surface area contributed by atoms with E-state index in [2.05, 4.69) is 55.6 Å².